The molecule has 1 saturated heterocycles. The van der Waals surface area contributed by atoms with Crippen molar-refractivity contribution >= 4 is 11.8 Å². The maximum absolute atomic E-state index is 13.4. The van der Waals surface area contributed by atoms with Crippen LogP contribution in [0.25, 0.3) is 0 Å². The van der Waals surface area contributed by atoms with Crippen molar-refractivity contribution in [2.24, 2.45) is 34.5 Å². The molecule has 5 aliphatic rings. The first-order valence-corrected chi connectivity index (χ1v) is 11.6. The lowest BCUT2D eigenvalue weighted by Crippen LogP contribution is -2.59. The van der Waals surface area contributed by atoms with E-state index in [4.69, 9.17) is 0 Å². The van der Waals surface area contributed by atoms with E-state index in [1.54, 1.807) is 0 Å². The zero-order valence-corrected chi connectivity index (χ0v) is 18.0. The van der Waals surface area contributed by atoms with Gasteiger partial charge in [0, 0.05) is 12.0 Å². The molecule has 4 saturated carbocycles. The molecule has 3 N–H and O–H groups in total. The maximum atomic E-state index is 13.4. The summed E-state index contributed by atoms with van der Waals surface area (Å²) >= 11 is 0. The van der Waals surface area contributed by atoms with Gasteiger partial charge < -0.3 is 16.0 Å². The van der Waals surface area contributed by atoms with Gasteiger partial charge in [-0.05, 0) is 93.5 Å². The van der Waals surface area contributed by atoms with E-state index >= 15 is 0 Å². The Kier molecular flexibility index (Phi) is 5.49. The van der Waals surface area contributed by atoms with Gasteiger partial charge in [-0.15, -0.1) is 0 Å². The standard InChI is InChI=1S/C23H39N3O2/c1-15(2)19(20(27)25-14-22(3)4-6-24-7-5-22)26-21(28)23-11-16-8-17(12-23)10-18(9-16)13-23/h15-19,24H,4-14H2,1-3H3,(H,25,27)(H,26,28). The van der Waals surface area contributed by atoms with Gasteiger partial charge in [0.05, 0.1) is 0 Å². The molecule has 4 bridgehead atoms. The zero-order valence-electron chi connectivity index (χ0n) is 18.0. The summed E-state index contributed by atoms with van der Waals surface area (Å²) in [5, 5.41) is 9.77. The molecule has 28 heavy (non-hydrogen) atoms. The summed E-state index contributed by atoms with van der Waals surface area (Å²) in [7, 11) is 0. The highest BCUT2D eigenvalue weighted by Crippen LogP contribution is 2.60. The number of carbonyl (C=O) groups is 2. The van der Waals surface area contributed by atoms with Crippen LogP contribution in [0, 0.1) is 34.5 Å². The molecule has 1 unspecified atom stereocenters. The van der Waals surface area contributed by atoms with Crippen molar-refractivity contribution in [1.29, 1.82) is 0 Å². The topological polar surface area (TPSA) is 70.2 Å². The maximum Gasteiger partial charge on any atom is 0.242 e. The van der Waals surface area contributed by atoms with Gasteiger partial charge >= 0.3 is 0 Å². The van der Waals surface area contributed by atoms with Crippen LogP contribution in [-0.4, -0.2) is 37.5 Å². The van der Waals surface area contributed by atoms with E-state index in [0.717, 1.165) is 62.9 Å². The van der Waals surface area contributed by atoms with E-state index in [0.29, 0.717) is 6.54 Å². The summed E-state index contributed by atoms with van der Waals surface area (Å²) in [4.78, 5) is 26.4. The first kappa shape index (κ1) is 20.2. The van der Waals surface area contributed by atoms with Crippen LogP contribution in [0.2, 0.25) is 0 Å². The van der Waals surface area contributed by atoms with Crippen molar-refractivity contribution in [3.05, 3.63) is 0 Å². The quantitative estimate of drug-likeness (QED) is 0.654. The Morgan fingerprint density at radius 2 is 1.54 bits per heavy atom. The van der Waals surface area contributed by atoms with Crippen LogP contribution in [-0.2, 0) is 9.59 Å². The Balaban J connectivity index is 1.38. The van der Waals surface area contributed by atoms with E-state index in [1.165, 1.54) is 19.3 Å². The van der Waals surface area contributed by atoms with Crippen molar-refractivity contribution in [2.45, 2.75) is 78.2 Å². The van der Waals surface area contributed by atoms with E-state index < -0.39 is 6.04 Å². The van der Waals surface area contributed by atoms with Gasteiger partial charge in [0.25, 0.3) is 0 Å². The van der Waals surface area contributed by atoms with Crippen LogP contribution >= 0.6 is 0 Å². The van der Waals surface area contributed by atoms with Crippen molar-refractivity contribution in [3.8, 4) is 0 Å². The number of rotatable bonds is 6. The van der Waals surface area contributed by atoms with Gasteiger partial charge in [-0.3, -0.25) is 9.59 Å². The average molecular weight is 390 g/mol. The van der Waals surface area contributed by atoms with Crippen molar-refractivity contribution in [1.82, 2.24) is 16.0 Å². The summed E-state index contributed by atoms with van der Waals surface area (Å²) in [5.74, 6) is 2.47. The molecule has 0 spiro atoms. The molecule has 1 atom stereocenters. The first-order valence-electron chi connectivity index (χ1n) is 11.6. The molecule has 158 valence electrons. The van der Waals surface area contributed by atoms with Gasteiger partial charge in [-0.25, -0.2) is 0 Å². The van der Waals surface area contributed by atoms with Crippen LogP contribution < -0.4 is 16.0 Å². The molecule has 1 aliphatic heterocycles. The first-order chi connectivity index (χ1) is 13.3. The lowest BCUT2D eigenvalue weighted by molar-refractivity contribution is -0.149. The molecule has 1 heterocycles. The van der Waals surface area contributed by atoms with Crippen molar-refractivity contribution < 1.29 is 9.59 Å². The third-order valence-electron chi connectivity index (χ3n) is 8.26. The second kappa shape index (κ2) is 7.62. The summed E-state index contributed by atoms with van der Waals surface area (Å²) in [6, 6.07) is -0.425. The van der Waals surface area contributed by atoms with Gasteiger partial charge in [-0.1, -0.05) is 20.8 Å². The third-order valence-corrected chi connectivity index (χ3v) is 8.26. The number of hydrogen-bond acceptors (Lipinski definition) is 3. The molecule has 5 heteroatoms. The lowest BCUT2D eigenvalue weighted by Gasteiger charge is -2.55. The predicted molar refractivity (Wildman–Crippen MR) is 111 cm³/mol. The molecular formula is C23H39N3O2. The molecular weight excluding hydrogens is 350 g/mol. The number of carbonyl (C=O) groups excluding carboxylic acids is 2. The Bertz CT molecular complexity index is 574. The summed E-state index contributed by atoms with van der Waals surface area (Å²) in [6.45, 7) is 9.06. The molecule has 0 radical (unpaired) electrons. The molecule has 5 rings (SSSR count). The van der Waals surface area contributed by atoms with Crippen LogP contribution in [0.5, 0.6) is 0 Å². The fourth-order valence-electron chi connectivity index (χ4n) is 6.84. The fourth-order valence-corrected chi connectivity index (χ4v) is 6.84. The van der Waals surface area contributed by atoms with Crippen molar-refractivity contribution in [2.75, 3.05) is 19.6 Å². The van der Waals surface area contributed by atoms with Gasteiger partial charge in [0.1, 0.15) is 6.04 Å². The molecule has 5 nitrogen and oxygen atoms in total. The van der Waals surface area contributed by atoms with Gasteiger partial charge in [0.15, 0.2) is 0 Å². The highest BCUT2D eigenvalue weighted by Gasteiger charge is 2.55. The Hall–Kier alpha value is -1.10. The van der Waals surface area contributed by atoms with E-state index in [9.17, 15) is 9.59 Å². The zero-order chi connectivity index (χ0) is 19.9. The van der Waals surface area contributed by atoms with Crippen LogP contribution in [0.1, 0.15) is 72.1 Å². The third kappa shape index (κ3) is 3.96. The Morgan fingerprint density at radius 3 is 2.04 bits per heavy atom. The average Bonchev–Trinajstić information content (AvgIpc) is 2.63. The Morgan fingerprint density at radius 1 is 1.00 bits per heavy atom. The summed E-state index contributed by atoms with van der Waals surface area (Å²) in [5.41, 5.74) is -0.0322. The summed E-state index contributed by atoms with van der Waals surface area (Å²) < 4.78 is 0. The lowest BCUT2D eigenvalue weighted by atomic mass is 9.49. The minimum atomic E-state index is -0.425. The number of nitrogens with one attached hydrogen (secondary N) is 3. The van der Waals surface area contributed by atoms with Crippen LogP contribution in [0.3, 0.4) is 0 Å². The number of piperidine rings is 1. The van der Waals surface area contributed by atoms with Crippen LogP contribution in [0.4, 0.5) is 0 Å². The SMILES string of the molecule is CC(C)C(NC(=O)C12CC3CC(CC(C3)C1)C2)C(=O)NCC1(C)CCNCC1. The molecule has 2 amide bonds. The predicted octanol–water partition coefficient (Wildman–Crippen LogP) is 2.85. The fraction of sp³-hybridized carbons (Fsp3) is 0.913. The minimum Gasteiger partial charge on any atom is -0.354 e. The summed E-state index contributed by atoms with van der Waals surface area (Å²) in [6.07, 6.45) is 9.28. The normalized spacial score (nSPS) is 36.9. The highest BCUT2D eigenvalue weighted by atomic mass is 16.2. The molecule has 4 aliphatic carbocycles. The van der Waals surface area contributed by atoms with Crippen molar-refractivity contribution in [3.63, 3.8) is 0 Å². The molecule has 0 aromatic rings. The Labute approximate surface area is 170 Å². The van der Waals surface area contributed by atoms with Crippen LogP contribution in [0.15, 0.2) is 0 Å². The molecule has 5 fully saturated rings. The molecule has 0 aromatic carbocycles. The minimum absolute atomic E-state index is 0.00663. The second-order valence-corrected chi connectivity index (χ2v) is 11.2. The number of amides is 2. The van der Waals surface area contributed by atoms with Gasteiger partial charge in [0.2, 0.25) is 11.8 Å². The highest BCUT2D eigenvalue weighted by molar-refractivity contribution is 5.90. The smallest absolute Gasteiger partial charge is 0.242 e. The van der Waals surface area contributed by atoms with E-state index in [2.05, 4.69) is 22.9 Å². The van der Waals surface area contributed by atoms with Gasteiger partial charge in [-0.2, -0.15) is 0 Å². The largest absolute Gasteiger partial charge is 0.354 e. The van der Waals surface area contributed by atoms with E-state index in [1.807, 2.05) is 13.8 Å². The second-order valence-electron chi connectivity index (χ2n) is 11.2. The van der Waals surface area contributed by atoms with E-state index in [-0.39, 0.29) is 28.6 Å². The molecule has 0 aromatic heterocycles. The number of hydrogen-bond donors (Lipinski definition) is 3. The monoisotopic (exact) mass is 389 g/mol.